The van der Waals surface area contributed by atoms with Crippen LogP contribution in [0.4, 0.5) is 0 Å². The smallest absolute Gasteiger partial charge is 0.192 e. The number of aliphatic hydroxyl groups is 1. The van der Waals surface area contributed by atoms with E-state index in [-0.39, 0.29) is 0 Å². The number of fused-ring (bicyclic) bond motifs is 2. The van der Waals surface area contributed by atoms with Crippen molar-refractivity contribution in [3.8, 4) is 0 Å². The van der Waals surface area contributed by atoms with Crippen molar-refractivity contribution in [1.82, 2.24) is 4.98 Å². The number of benzene rings is 1. The van der Waals surface area contributed by atoms with Gasteiger partial charge in [-0.25, -0.2) is 4.98 Å². The topological polar surface area (TPSA) is 42.4 Å². The second kappa shape index (κ2) is 11.1. The van der Waals surface area contributed by atoms with Gasteiger partial charge in [0, 0.05) is 6.10 Å². The quantitative estimate of drug-likeness (QED) is 0.313. The van der Waals surface area contributed by atoms with Crippen molar-refractivity contribution in [3.63, 3.8) is 0 Å². The first-order chi connectivity index (χ1) is 16.4. The third kappa shape index (κ3) is 5.19. The number of rotatable bonds is 11. The van der Waals surface area contributed by atoms with E-state index in [0.717, 1.165) is 35.2 Å². The Kier molecular flexibility index (Phi) is 8.59. The second-order valence-electron chi connectivity index (χ2n) is 11.5. The van der Waals surface area contributed by atoms with E-state index in [2.05, 4.69) is 45.7 Å². The third-order valence-electron chi connectivity index (χ3n) is 9.89. The fraction of sp³-hybridized carbons (Fsp3) is 0.759. The van der Waals surface area contributed by atoms with Crippen molar-refractivity contribution >= 4 is 29.9 Å². The normalized spacial score (nSPS) is 29.3. The summed E-state index contributed by atoms with van der Waals surface area (Å²) in [5.74, 6) is 2.25. The number of aromatic nitrogens is 1. The monoisotopic (exact) mass is 501 g/mol. The van der Waals surface area contributed by atoms with Crippen LogP contribution in [0.5, 0.6) is 0 Å². The van der Waals surface area contributed by atoms with Crippen LogP contribution in [0.1, 0.15) is 97.1 Å². The van der Waals surface area contributed by atoms with E-state index < -0.39 is 14.4 Å². The summed E-state index contributed by atoms with van der Waals surface area (Å²) in [7, 11) is -1.56. The zero-order chi connectivity index (χ0) is 24.3. The molecule has 1 aromatic carbocycles. The summed E-state index contributed by atoms with van der Waals surface area (Å²) in [5.41, 5.74) is 1.44. The molecule has 6 atom stereocenters. The first-order valence-electron chi connectivity index (χ1n) is 14.1. The summed E-state index contributed by atoms with van der Waals surface area (Å²) in [4.78, 5) is 4.67. The van der Waals surface area contributed by atoms with Crippen molar-refractivity contribution < 1.29 is 9.53 Å². The minimum atomic E-state index is -1.56. The first kappa shape index (κ1) is 26.3. The number of thiazole rings is 1. The molecule has 1 aromatic heterocycles. The molecule has 2 unspecified atom stereocenters. The van der Waals surface area contributed by atoms with Gasteiger partial charge in [-0.05, 0) is 85.5 Å². The molecule has 190 valence electrons. The molecular formula is C29H47NO2SSi. The average molecular weight is 502 g/mol. The number of hydrogen-bond acceptors (Lipinski definition) is 4. The van der Waals surface area contributed by atoms with Gasteiger partial charge in [0.1, 0.15) is 11.1 Å². The van der Waals surface area contributed by atoms with E-state index >= 15 is 0 Å². The summed E-state index contributed by atoms with van der Waals surface area (Å²) in [6.07, 6.45) is 9.88. The van der Waals surface area contributed by atoms with E-state index in [1.165, 1.54) is 61.4 Å². The molecule has 2 aliphatic carbocycles. The summed E-state index contributed by atoms with van der Waals surface area (Å²) in [6, 6.07) is 12.0. The summed E-state index contributed by atoms with van der Waals surface area (Å²) in [5, 5.41) is 11.7. The van der Waals surface area contributed by atoms with Gasteiger partial charge in [-0.2, -0.15) is 0 Å². The highest BCUT2D eigenvalue weighted by molar-refractivity contribution is 7.18. The van der Waals surface area contributed by atoms with Crippen LogP contribution in [-0.4, -0.2) is 24.5 Å². The van der Waals surface area contributed by atoms with Gasteiger partial charge in [-0.3, -0.25) is 0 Å². The van der Waals surface area contributed by atoms with Crippen molar-refractivity contribution in [2.24, 2.45) is 23.2 Å². The molecule has 3 nitrogen and oxygen atoms in total. The Balaban J connectivity index is 1.34. The standard InChI is InChI=1S/C29H47NO2SSi/c1-6-34(7-2,8-3)32-26-16-12-20-29(5)22(18-19-23(26)29)21(4)13-11-15-25(31)28-30-24-14-9-10-17-27(24)33-28/h9-10,14,17,21-23,25-26,31H,6-8,11-13,15-16,18-20H2,1-5H3/t21-,22-,23+,25?,26?,29-/m1/s1. The molecule has 34 heavy (non-hydrogen) atoms. The minimum absolute atomic E-state index is 0.431. The maximum atomic E-state index is 10.8. The van der Waals surface area contributed by atoms with Crippen LogP contribution >= 0.6 is 11.3 Å². The van der Waals surface area contributed by atoms with Gasteiger partial charge >= 0.3 is 0 Å². The Labute approximate surface area is 212 Å². The number of nitrogens with zero attached hydrogens (tertiary/aromatic N) is 1. The predicted molar refractivity (Wildman–Crippen MR) is 148 cm³/mol. The highest BCUT2D eigenvalue weighted by Gasteiger charge is 2.53. The lowest BCUT2D eigenvalue weighted by Gasteiger charge is -2.49. The van der Waals surface area contributed by atoms with Crippen LogP contribution in [0, 0.1) is 23.2 Å². The van der Waals surface area contributed by atoms with E-state index in [4.69, 9.17) is 4.43 Å². The zero-order valence-corrected chi connectivity index (χ0v) is 24.0. The van der Waals surface area contributed by atoms with Crippen LogP contribution in [0.3, 0.4) is 0 Å². The van der Waals surface area contributed by atoms with Gasteiger partial charge < -0.3 is 9.53 Å². The third-order valence-corrected chi connectivity index (χ3v) is 15.7. The number of aliphatic hydroxyl groups excluding tert-OH is 1. The molecule has 2 aliphatic rings. The maximum Gasteiger partial charge on any atom is 0.192 e. The molecule has 2 aromatic rings. The van der Waals surface area contributed by atoms with Crippen molar-refractivity contribution in [2.45, 2.75) is 116 Å². The Hall–Kier alpha value is -0.753. The molecule has 0 aliphatic heterocycles. The molecule has 1 N–H and O–H groups in total. The molecule has 2 fully saturated rings. The molecule has 0 amide bonds. The lowest BCUT2D eigenvalue weighted by molar-refractivity contribution is -0.0205. The summed E-state index contributed by atoms with van der Waals surface area (Å²) in [6.45, 7) is 12.2. The second-order valence-corrected chi connectivity index (χ2v) is 17.3. The van der Waals surface area contributed by atoms with Gasteiger partial charge in [-0.15, -0.1) is 11.3 Å². The summed E-state index contributed by atoms with van der Waals surface area (Å²) >= 11 is 1.64. The molecule has 0 bridgehead atoms. The van der Waals surface area contributed by atoms with Crippen LogP contribution in [0.15, 0.2) is 24.3 Å². The van der Waals surface area contributed by atoms with E-state index in [0.29, 0.717) is 17.4 Å². The average Bonchev–Trinajstić information content (AvgIpc) is 3.44. The highest BCUT2D eigenvalue weighted by atomic mass is 32.1. The Morgan fingerprint density at radius 1 is 1.12 bits per heavy atom. The predicted octanol–water partition coefficient (Wildman–Crippen LogP) is 8.74. The molecule has 4 rings (SSSR count). The van der Waals surface area contributed by atoms with E-state index in [9.17, 15) is 5.11 Å². The number of para-hydroxylation sites is 1. The lowest BCUT2D eigenvalue weighted by Crippen LogP contribution is -2.48. The number of hydrogen-bond donors (Lipinski definition) is 1. The van der Waals surface area contributed by atoms with Crippen LogP contribution in [0.25, 0.3) is 10.2 Å². The zero-order valence-electron chi connectivity index (χ0n) is 22.2. The maximum absolute atomic E-state index is 10.8. The Morgan fingerprint density at radius 2 is 1.85 bits per heavy atom. The fourth-order valence-electron chi connectivity index (χ4n) is 7.55. The van der Waals surface area contributed by atoms with Crippen LogP contribution < -0.4 is 0 Å². The van der Waals surface area contributed by atoms with Gasteiger partial charge in [0.2, 0.25) is 0 Å². The Bertz CT molecular complexity index is 886. The largest absolute Gasteiger partial charge is 0.414 e. The van der Waals surface area contributed by atoms with Crippen LogP contribution in [0.2, 0.25) is 18.1 Å². The summed E-state index contributed by atoms with van der Waals surface area (Å²) < 4.78 is 8.29. The minimum Gasteiger partial charge on any atom is -0.414 e. The van der Waals surface area contributed by atoms with Gasteiger partial charge in [0.05, 0.1) is 10.2 Å². The molecule has 0 saturated heterocycles. The highest BCUT2D eigenvalue weighted by Crippen LogP contribution is 2.59. The molecule has 2 saturated carbocycles. The molecule has 0 spiro atoms. The van der Waals surface area contributed by atoms with Gasteiger partial charge in [-0.1, -0.05) is 66.0 Å². The lowest BCUT2D eigenvalue weighted by atomic mass is 9.61. The SMILES string of the molecule is CC[Si](CC)(CC)OC1CCC[C@]2(C)[C@@H]([C@H](C)CCCC(O)c3nc4ccccc4s3)CC[C@@H]12. The van der Waals surface area contributed by atoms with E-state index in [1.807, 2.05) is 18.2 Å². The molecule has 1 heterocycles. The van der Waals surface area contributed by atoms with Gasteiger partial charge in [0.25, 0.3) is 0 Å². The molecular weight excluding hydrogens is 454 g/mol. The van der Waals surface area contributed by atoms with Crippen LogP contribution in [-0.2, 0) is 4.43 Å². The van der Waals surface area contributed by atoms with Crippen molar-refractivity contribution in [1.29, 1.82) is 0 Å². The first-order valence-corrected chi connectivity index (χ1v) is 17.4. The van der Waals surface area contributed by atoms with Crippen molar-refractivity contribution in [2.75, 3.05) is 0 Å². The van der Waals surface area contributed by atoms with Crippen molar-refractivity contribution in [3.05, 3.63) is 29.3 Å². The molecule has 5 heteroatoms. The fourth-order valence-corrected chi connectivity index (χ4v) is 11.5. The Morgan fingerprint density at radius 3 is 2.56 bits per heavy atom. The molecule has 0 radical (unpaired) electrons. The van der Waals surface area contributed by atoms with Gasteiger partial charge in [0.15, 0.2) is 8.32 Å². The van der Waals surface area contributed by atoms with E-state index in [1.54, 1.807) is 11.3 Å².